The van der Waals surface area contributed by atoms with E-state index in [0.29, 0.717) is 6.54 Å². The van der Waals surface area contributed by atoms with Crippen LogP contribution in [0.4, 0.5) is 5.69 Å². The molecular formula is C19H22N2O2. The largest absolute Gasteiger partial charge is 0.474 e. The van der Waals surface area contributed by atoms with Crippen molar-refractivity contribution in [3.8, 4) is 5.75 Å². The van der Waals surface area contributed by atoms with E-state index in [4.69, 9.17) is 10.5 Å². The maximum absolute atomic E-state index is 13.0. The van der Waals surface area contributed by atoms with Gasteiger partial charge in [0.05, 0.1) is 5.69 Å². The van der Waals surface area contributed by atoms with Crippen molar-refractivity contribution in [1.82, 2.24) is 0 Å². The number of amides is 1. The molecule has 0 aliphatic carbocycles. The summed E-state index contributed by atoms with van der Waals surface area (Å²) in [5.41, 5.74) is 8.87. The fraction of sp³-hybridized carbons (Fsp3) is 0.316. The molecule has 1 aliphatic heterocycles. The Balaban J connectivity index is 2.02. The van der Waals surface area contributed by atoms with Crippen molar-refractivity contribution in [2.75, 3.05) is 11.4 Å². The lowest BCUT2D eigenvalue weighted by atomic mass is 10.0. The summed E-state index contributed by atoms with van der Waals surface area (Å²) in [6, 6.07) is 15.4. The van der Waals surface area contributed by atoms with Crippen LogP contribution in [0.3, 0.4) is 0 Å². The van der Waals surface area contributed by atoms with E-state index >= 15 is 0 Å². The van der Waals surface area contributed by atoms with Gasteiger partial charge in [-0.1, -0.05) is 43.3 Å². The van der Waals surface area contributed by atoms with Crippen molar-refractivity contribution < 1.29 is 9.53 Å². The Morgan fingerprint density at radius 1 is 1.22 bits per heavy atom. The summed E-state index contributed by atoms with van der Waals surface area (Å²) < 4.78 is 6.00. The summed E-state index contributed by atoms with van der Waals surface area (Å²) in [4.78, 5) is 14.8. The van der Waals surface area contributed by atoms with Crippen molar-refractivity contribution >= 4 is 11.6 Å². The quantitative estimate of drug-likeness (QED) is 0.943. The number of rotatable bonds is 4. The topological polar surface area (TPSA) is 55.6 Å². The molecule has 2 N–H and O–H groups in total. The highest BCUT2D eigenvalue weighted by Gasteiger charge is 2.35. The van der Waals surface area contributed by atoms with Crippen molar-refractivity contribution in [3.05, 3.63) is 59.7 Å². The van der Waals surface area contributed by atoms with Gasteiger partial charge < -0.3 is 15.4 Å². The van der Waals surface area contributed by atoms with E-state index in [0.717, 1.165) is 29.0 Å². The highest BCUT2D eigenvalue weighted by Crippen LogP contribution is 2.39. The molecule has 2 aromatic rings. The third-order valence-corrected chi connectivity index (χ3v) is 4.18. The second kappa shape index (κ2) is 6.42. The Morgan fingerprint density at radius 3 is 2.65 bits per heavy atom. The fourth-order valence-corrected chi connectivity index (χ4v) is 2.77. The standard InChI is InChI=1S/C19H22N2O2/c1-3-15(20)12-21-16-11-13(2)9-10-17(16)23-18(19(21)22)14-7-5-4-6-8-14/h4-11,15,18H,3,12,20H2,1-2H3. The average Bonchev–Trinajstić information content (AvgIpc) is 2.58. The van der Waals surface area contributed by atoms with Crippen LogP contribution in [-0.2, 0) is 4.79 Å². The number of hydrogen-bond acceptors (Lipinski definition) is 3. The number of carbonyl (C=O) groups is 1. The number of hydrogen-bond donors (Lipinski definition) is 1. The highest BCUT2D eigenvalue weighted by molar-refractivity contribution is 6.00. The minimum atomic E-state index is -0.615. The molecule has 0 saturated heterocycles. The Morgan fingerprint density at radius 2 is 1.96 bits per heavy atom. The number of benzene rings is 2. The minimum Gasteiger partial charge on any atom is -0.474 e. The summed E-state index contributed by atoms with van der Waals surface area (Å²) in [5, 5.41) is 0. The lowest BCUT2D eigenvalue weighted by Crippen LogP contribution is -2.46. The van der Waals surface area contributed by atoms with Gasteiger partial charge >= 0.3 is 0 Å². The molecule has 0 radical (unpaired) electrons. The molecule has 0 fully saturated rings. The molecular weight excluding hydrogens is 288 g/mol. The monoisotopic (exact) mass is 310 g/mol. The molecule has 0 spiro atoms. The number of ether oxygens (including phenoxy) is 1. The van der Waals surface area contributed by atoms with Crippen molar-refractivity contribution in [2.45, 2.75) is 32.4 Å². The number of nitrogens with zero attached hydrogens (tertiary/aromatic N) is 1. The summed E-state index contributed by atoms with van der Waals surface area (Å²) in [7, 11) is 0. The zero-order chi connectivity index (χ0) is 16.4. The van der Waals surface area contributed by atoms with Crippen molar-refractivity contribution in [2.24, 2.45) is 5.73 Å². The Labute approximate surface area is 136 Å². The van der Waals surface area contributed by atoms with Gasteiger partial charge in [-0.2, -0.15) is 0 Å². The van der Waals surface area contributed by atoms with Crippen LogP contribution in [0.2, 0.25) is 0 Å². The Kier molecular flexibility index (Phi) is 4.35. The second-order valence-corrected chi connectivity index (χ2v) is 6.00. The molecule has 0 saturated carbocycles. The molecule has 1 amide bonds. The van der Waals surface area contributed by atoms with E-state index in [-0.39, 0.29) is 11.9 Å². The first kappa shape index (κ1) is 15.6. The van der Waals surface area contributed by atoms with Crippen LogP contribution in [-0.4, -0.2) is 18.5 Å². The fourth-order valence-electron chi connectivity index (χ4n) is 2.77. The number of anilines is 1. The van der Waals surface area contributed by atoms with E-state index in [1.807, 2.05) is 62.4 Å². The smallest absolute Gasteiger partial charge is 0.272 e. The third kappa shape index (κ3) is 3.08. The van der Waals surface area contributed by atoms with Gasteiger partial charge in [0, 0.05) is 18.2 Å². The van der Waals surface area contributed by atoms with Crippen molar-refractivity contribution in [3.63, 3.8) is 0 Å². The van der Waals surface area contributed by atoms with Crippen LogP contribution in [0.25, 0.3) is 0 Å². The maximum atomic E-state index is 13.0. The van der Waals surface area contributed by atoms with Crippen LogP contribution >= 0.6 is 0 Å². The molecule has 0 bridgehead atoms. The summed E-state index contributed by atoms with van der Waals surface area (Å²) in [6.45, 7) is 4.53. The van der Waals surface area contributed by atoms with Gasteiger partial charge in [0.15, 0.2) is 0 Å². The first-order valence-electron chi connectivity index (χ1n) is 7.99. The molecule has 23 heavy (non-hydrogen) atoms. The molecule has 1 heterocycles. The number of carbonyl (C=O) groups excluding carboxylic acids is 1. The predicted octanol–water partition coefficient (Wildman–Crippen LogP) is 3.20. The van der Waals surface area contributed by atoms with Crippen LogP contribution in [0.5, 0.6) is 5.75 Å². The van der Waals surface area contributed by atoms with Gasteiger partial charge in [0.1, 0.15) is 5.75 Å². The van der Waals surface area contributed by atoms with Crippen LogP contribution in [0.15, 0.2) is 48.5 Å². The Hall–Kier alpha value is -2.33. The van der Waals surface area contributed by atoms with E-state index in [1.165, 1.54) is 0 Å². The minimum absolute atomic E-state index is 0.0539. The molecule has 120 valence electrons. The molecule has 4 nitrogen and oxygen atoms in total. The maximum Gasteiger partial charge on any atom is 0.272 e. The number of fused-ring (bicyclic) bond motifs is 1. The lowest BCUT2D eigenvalue weighted by Gasteiger charge is -2.36. The van der Waals surface area contributed by atoms with E-state index in [2.05, 4.69) is 0 Å². The normalized spacial score (nSPS) is 18.3. The summed E-state index contributed by atoms with van der Waals surface area (Å²) in [5.74, 6) is 0.672. The van der Waals surface area contributed by atoms with E-state index < -0.39 is 6.10 Å². The molecule has 2 atom stereocenters. The van der Waals surface area contributed by atoms with Crippen LogP contribution in [0.1, 0.15) is 30.6 Å². The van der Waals surface area contributed by atoms with Gasteiger partial charge in [-0.3, -0.25) is 4.79 Å². The second-order valence-electron chi connectivity index (χ2n) is 6.00. The molecule has 2 aromatic carbocycles. The lowest BCUT2D eigenvalue weighted by molar-refractivity contribution is -0.126. The summed E-state index contributed by atoms with van der Waals surface area (Å²) in [6.07, 6.45) is 0.206. The van der Waals surface area contributed by atoms with Gasteiger partial charge in [-0.25, -0.2) is 0 Å². The molecule has 0 aromatic heterocycles. The average molecular weight is 310 g/mol. The first-order valence-corrected chi connectivity index (χ1v) is 7.99. The summed E-state index contributed by atoms with van der Waals surface area (Å²) >= 11 is 0. The SMILES string of the molecule is CCC(N)CN1C(=O)C(c2ccccc2)Oc2ccc(C)cc21. The van der Waals surface area contributed by atoms with E-state index in [1.54, 1.807) is 4.90 Å². The molecule has 1 aliphatic rings. The van der Waals surface area contributed by atoms with Crippen LogP contribution in [0, 0.1) is 6.92 Å². The first-order chi connectivity index (χ1) is 11.1. The Bertz CT molecular complexity index is 700. The number of aryl methyl sites for hydroxylation is 1. The van der Waals surface area contributed by atoms with Gasteiger partial charge in [-0.05, 0) is 31.0 Å². The van der Waals surface area contributed by atoms with Crippen LogP contribution < -0.4 is 15.4 Å². The van der Waals surface area contributed by atoms with Gasteiger partial charge in [-0.15, -0.1) is 0 Å². The van der Waals surface area contributed by atoms with Gasteiger partial charge in [0.2, 0.25) is 6.10 Å². The molecule has 4 heteroatoms. The number of nitrogens with two attached hydrogens (primary N) is 1. The zero-order valence-electron chi connectivity index (χ0n) is 13.5. The third-order valence-electron chi connectivity index (χ3n) is 4.18. The molecule has 3 rings (SSSR count). The zero-order valence-corrected chi connectivity index (χ0v) is 13.5. The highest BCUT2D eigenvalue weighted by atomic mass is 16.5. The predicted molar refractivity (Wildman–Crippen MR) is 91.6 cm³/mol. The van der Waals surface area contributed by atoms with Gasteiger partial charge in [0.25, 0.3) is 5.91 Å². The van der Waals surface area contributed by atoms with E-state index in [9.17, 15) is 4.79 Å². The molecule has 2 unspecified atom stereocenters. The van der Waals surface area contributed by atoms with Crippen molar-refractivity contribution in [1.29, 1.82) is 0 Å².